The summed E-state index contributed by atoms with van der Waals surface area (Å²) < 4.78 is 5.69. The molecule has 3 heteroatoms. The summed E-state index contributed by atoms with van der Waals surface area (Å²) in [5, 5.41) is 0. The summed E-state index contributed by atoms with van der Waals surface area (Å²) in [5.74, 6) is 0. The zero-order valence-electron chi connectivity index (χ0n) is 8.54. The SMILES string of the molecule is [CH2-]N1CC[C@@H](OCCCCC)C1.[V]. The molecule has 0 bridgehead atoms. The van der Waals surface area contributed by atoms with Gasteiger partial charge in [-0.1, -0.05) is 19.8 Å². The van der Waals surface area contributed by atoms with Gasteiger partial charge in [-0.3, -0.25) is 7.05 Å². The maximum Gasteiger partial charge on any atom is 0.0689 e. The van der Waals surface area contributed by atoms with Gasteiger partial charge < -0.3 is 9.64 Å². The number of nitrogens with zero attached hydrogens (tertiary/aromatic N) is 1. The van der Waals surface area contributed by atoms with Crippen LogP contribution in [-0.4, -0.2) is 30.7 Å². The molecule has 2 nitrogen and oxygen atoms in total. The molecule has 1 fully saturated rings. The average Bonchev–Trinajstić information content (AvgIpc) is 2.45. The molecule has 1 atom stereocenters. The molecule has 0 saturated carbocycles. The Morgan fingerprint density at radius 1 is 1.46 bits per heavy atom. The van der Waals surface area contributed by atoms with E-state index in [2.05, 4.69) is 18.9 Å². The maximum atomic E-state index is 5.69. The average molecular weight is 221 g/mol. The molecule has 0 aliphatic carbocycles. The number of likely N-dealkylation sites (tertiary alicyclic amines) is 1. The van der Waals surface area contributed by atoms with Gasteiger partial charge in [-0.15, -0.1) is 0 Å². The summed E-state index contributed by atoms with van der Waals surface area (Å²) >= 11 is 0. The van der Waals surface area contributed by atoms with Gasteiger partial charge in [0.05, 0.1) is 6.10 Å². The molecule has 77 valence electrons. The molecule has 1 aliphatic rings. The Hall–Kier alpha value is 0.504. The van der Waals surface area contributed by atoms with Crippen molar-refractivity contribution in [2.24, 2.45) is 0 Å². The van der Waals surface area contributed by atoms with Gasteiger partial charge in [0.15, 0.2) is 0 Å². The largest absolute Gasteiger partial charge is 0.457 e. The van der Waals surface area contributed by atoms with Gasteiger partial charge in [-0.2, -0.15) is 0 Å². The zero-order valence-corrected chi connectivity index (χ0v) is 9.93. The summed E-state index contributed by atoms with van der Waals surface area (Å²) in [5.41, 5.74) is 0. The summed E-state index contributed by atoms with van der Waals surface area (Å²) in [6, 6.07) is 0. The van der Waals surface area contributed by atoms with E-state index in [9.17, 15) is 0 Å². The fraction of sp³-hybridized carbons (Fsp3) is 0.900. The molecule has 0 spiro atoms. The second-order valence-corrected chi connectivity index (χ2v) is 3.57. The molecule has 0 N–H and O–H groups in total. The van der Waals surface area contributed by atoms with E-state index in [-0.39, 0.29) is 18.6 Å². The minimum Gasteiger partial charge on any atom is -0.457 e. The normalized spacial score (nSPS) is 23.1. The smallest absolute Gasteiger partial charge is 0.0689 e. The Morgan fingerprint density at radius 3 is 2.77 bits per heavy atom. The first kappa shape index (κ1) is 13.5. The van der Waals surface area contributed by atoms with Crippen molar-refractivity contribution in [1.82, 2.24) is 4.90 Å². The van der Waals surface area contributed by atoms with Crippen LogP contribution in [0.25, 0.3) is 0 Å². The van der Waals surface area contributed by atoms with Crippen LogP contribution in [0.5, 0.6) is 0 Å². The van der Waals surface area contributed by atoms with Gasteiger partial charge in [0.2, 0.25) is 0 Å². The van der Waals surface area contributed by atoms with Gasteiger partial charge in [0.1, 0.15) is 0 Å². The maximum absolute atomic E-state index is 5.69. The minimum atomic E-state index is 0. The first-order valence-corrected chi connectivity index (χ1v) is 5.00. The fourth-order valence-corrected chi connectivity index (χ4v) is 1.54. The predicted molar refractivity (Wildman–Crippen MR) is 50.8 cm³/mol. The van der Waals surface area contributed by atoms with Gasteiger partial charge in [-0.25, -0.2) is 0 Å². The molecule has 0 unspecified atom stereocenters. The number of hydrogen-bond acceptors (Lipinski definition) is 2. The number of ether oxygens (including phenoxy) is 1. The monoisotopic (exact) mass is 221 g/mol. The van der Waals surface area contributed by atoms with E-state index < -0.39 is 0 Å². The van der Waals surface area contributed by atoms with Crippen LogP contribution < -0.4 is 0 Å². The molecule has 0 aromatic heterocycles. The molecule has 13 heavy (non-hydrogen) atoms. The van der Waals surface area contributed by atoms with Gasteiger partial charge in [-0.05, 0) is 25.9 Å². The number of unbranched alkanes of at least 4 members (excludes halogenated alkanes) is 2. The first-order valence-electron chi connectivity index (χ1n) is 5.00. The molecule has 1 rings (SSSR count). The number of hydrogen-bond donors (Lipinski definition) is 0. The molecule has 1 saturated heterocycles. The van der Waals surface area contributed by atoms with Crippen molar-refractivity contribution in [3.63, 3.8) is 0 Å². The topological polar surface area (TPSA) is 12.5 Å². The van der Waals surface area contributed by atoms with E-state index in [0.29, 0.717) is 6.10 Å². The van der Waals surface area contributed by atoms with E-state index in [1.165, 1.54) is 19.3 Å². The van der Waals surface area contributed by atoms with Crippen LogP contribution in [0.2, 0.25) is 0 Å². The number of rotatable bonds is 5. The summed E-state index contributed by atoms with van der Waals surface area (Å²) in [7, 11) is 3.89. The van der Waals surface area contributed by atoms with Crippen LogP contribution in [-0.2, 0) is 23.3 Å². The Labute approximate surface area is 93.9 Å². The van der Waals surface area contributed by atoms with E-state index >= 15 is 0 Å². The fourth-order valence-electron chi connectivity index (χ4n) is 1.54. The third-order valence-corrected chi connectivity index (χ3v) is 2.33. The summed E-state index contributed by atoms with van der Waals surface area (Å²) in [6.45, 7) is 5.27. The minimum absolute atomic E-state index is 0. The van der Waals surface area contributed by atoms with Gasteiger partial charge in [0.25, 0.3) is 0 Å². The molecule has 0 amide bonds. The molecule has 1 aliphatic heterocycles. The van der Waals surface area contributed by atoms with E-state index in [1.54, 1.807) is 0 Å². The second kappa shape index (κ2) is 7.87. The molecule has 1 heterocycles. The third kappa shape index (κ3) is 5.74. The van der Waals surface area contributed by atoms with Crippen LogP contribution in [0, 0.1) is 7.05 Å². The van der Waals surface area contributed by atoms with Crippen molar-refractivity contribution >= 4 is 0 Å². The molecular formula is C10H20NOV-. The van der Waals surface area contributed by atoms with Crippen LogP contribution in [0.3, 0.4) is 0 Å². The molecule has 1 radical (unpaired) electrons. The zero-order chi connectivity index (χ0) is 8.81. The molecule has 0 aromatic rings. The first-order chi connectivity index (χ1) is 5.83. The van der Waals surface area contributed by atoms with Crippen LogP contribution in [0.15, 0.2) is 0 Å². The molecular weight excluding hydrogens is 201 g/mol. The van der Waals surface area contributed by atoms with Crippen molar-refractivity contribution in [2.75, 3.05) is 19.7 Å². The summed E-state index contributed by atoms with van der Waals surface area (Å²) in [4.78, 5) is 2.09. The van der Waals surface area contributed by atoms with Crippen molar-refractivity contribution in [2.45, 2.75) is 38.7 Å². The van der Waals surface area contributed by atoms with Crippen LogP contribution in [0.4, 0.5) is 0 Å². The second-order valence-electron chi connectivity index (χ2n) is 3.57. The van der Waals surface area contributed by atoms with Crippen molar-refractivity contribution < 1.29 is 23.3 Å². The standard InChI is InChI=1S/C10H20NO.V/c1-3-4-5-8-12-10-6-7-11(2)9-10;/h10H,2-9H2,1H3;/q-1;/t10-;/m1./s1. The Kier molecular flexibility index (Phi) is 8.17. The third-order valence-electron chi connectivity index (χ3n) is 2.33. The van der Waals surface area contributed by atoms with E-state index in [4.69, 9.17) is 4.74 Å². The Morgan fingerprint density at radius 2 is 2.23 bits per heavy atom. The van der Waals surface area contributed by atoms with E-state index in [1.807, 2.05) is 0 Å². The summed E-state index contributed by atoms with van der Waals surface area (Å²) in [6.07, 6.45) is 5.40. The van der Waals surface area contributed by atoms with Crippen molar-refractivity contribution in [1.29, 1.82) is 0 Å². The predicted octanol–water partition coefficient (Wildman–Crippen LogP) is 2.06. The van der Waals surface area contributed by atoms with Gasteiger partial charge >= 0.3 is 0 Å². The Balaban J connectivity index is 0.00000144. The quantitative estimate of drug-likeness (QED) is 0.520. The van der Waals surface area contributed by atoms with Crippen LogP contribution >= 0.6 is 0 Å². The van der Waals surface area contributed by atoms with Gasteiger partial charge in [0, 0.05) is 25.2 Å². The van der Waals surface area contributed by atoms with E-state index in [0.717, 1.165) is 26.1 Å². The van der Waals surface area contributed by atoms with Crippen LogP contribution in [0.1, 0.15) is 32.6 Å². The van der Waals surface area contributed by atoms with Crippen molar-refractivity contribution in [3.05, 3.63) is 7.05 Å². The molecule has 0 aromatic carbocycles. The van der Waals surface area contributed by atoms with Crippen molar-refractivity contribution in [3.8, 4) is 0 Å². The Bertz CT molecular complexity index is 121.